The number of amides is 3. The molecular formula is C24H30F3N5O4. The van der Waals surface area contributed by atoms with Gasteiger partial charge in [-0.05, 0) is 30.2 Å². The van der Waals surface area contributed by atoms with Crippen molar-refractivity contribution in [3.63, 3.8) is 0 Å². The maximum absolute atomic E-state index is 13.4. The number of nitrogens with one attached hydrogen (secondary N) is 2. The number of carbonyl (C=O) groups is 2. The van der Waals surface area contributed by atoms with E-state index in [2.05, 4.69) is 15.6 Å². The zero-order valence-corrected chi connectivity index (χ0v) is 20.6. The Kier molecular flexibility index (Phi) is 8.49. The van der Waals surface area contributed by atoms with Gasteiger partial charge in [0.15, 0.2) is 0 Å². The zero-order chi connectivity index (χ0) is 26.5. The summed E-state index contributed by atoms with van der Waals surface area (Å²) in [5.74, 6) is 0.259. The van der Waals surface area contributed by atoms with Crippen molar-refractivity contribution in [1.29, 1.82) is 0 Å². The Hall–Kier alpha value is -3.70. The van der Waals surface area contributed by atoms with E-state index in [1.54, 1.807) is 36.9 Å². The van der Waals surface area contributed by atoms with Gasteiger partial charge in [-0.15, -0.1) is 0 Å². The van der Waals surface area contributed by atoms with Crippen molar-refractivity contribution in [3.05, 3.63) is 42.1 Å². The second-order valence-corrected chi connectivity index (χ2v) is 8.57. The third kappa shape index (κ3) is 6.29. The molecule has 0 spiro atoms. The van der Waals surface area contributed by atoms with E-state index in [9.17, 15) is 22.8 Å². The molecule has 1 atom stereocenters. The highest BCUT2D eigenvalue weighted by Gasteiger charge is 2.37. The summed E-state index contributed by atoms with van der Waals surface area (Å²) < 4.78 is 50.6. The van der Waals surface area contributed by atoms with Crippen LogP contribution in [0.1, 0.15) is 19.4 Å². The van der Waals surface area contributed by atoms with Crippen LogP contribution < -0.4 is 25.0 Å². The number of ether oxygens (including phenoxy) is 2. The Balaban J connectivity index is 1.64. The summed E-state index contributed by atoms with van der Waals surface area (Å²) in [7, 11) is 2.97. The number of methoxy groups -OCH3 is 2. The minimum atomic E-state index is -4.52. The number of hydrogen-bond acceptors (Lipinski definition) is 6. The molecule has 1 saturated heterocycles. The molecule has 0 radical (unpaired) electrons. The SMILES string of the molecule is COc1ccc(NC(=O)NC(C(=O)N2CCN(c3ncccc3C(F)(F)F)CC2)C(C)C)c(OC)c1. The largest absolute Gasteiger partial charge is 0.497 e. The summed E-state index contributed by atoms with van der Waals surface area (Å²) in [4.78, 5) is 32.9. The van der Waals surface area contributed by atoms with Crippen molar-refractivity contribution < 1.29 is 32.2 Å². The molecule has 0 saturated carbocycles. The van der Waals surface area contributed by atoms with Crippen LogP contribution in [0.5, 0.6) is 11.5 Å². The van der Waals surface area contributed by atoms with Crippen molar-refractivity contribution in [2.24, 2.45) is 5.92 Å². The second-order valence-electron chi connectivity index (χ2n) is 8.57. The van der Waals surface area contributed by atoms with Gasteiger partial charge in [0.25, 0.3) is 0 Å². The van der Waals surface area contributed by atoms with Crippen LogP contribution in [0.3, 0.4) is 0 Å². The number of carbonyl (C=O) groups excluding carboxylic acids is 2. The number of halogens is 3. The van der Waals surface area contributed by atoms with E-state index in [1.165, 1.54) is 31.4 Å². The standard InChI is InChI=1S/C24H30F3N5O4/c1-15(2)20(30-23(34)29-18-8-7-16(35-3)14-19(18)36-4)22(33)32-12-10-31(11-13-32)21-17(24(25,26)27)6-5-9-28-21/h5-9,14-15,20H,10-13H2,1-4H3,(H2,29,30,34). The van der Waals surface area contributed by atoms with E-state index in [0.29, 0.717) is 17.2 Å². The molecule has 3 rings (SSSR count). The van der Waals surface area contributed by atoms with Gasteiger partial charge in [-0.3, -0.25) is 4.79 Å². The van der Waals surface area contributed by atoms with E-state index in [4.69, 9.17) is 9.47 Å². The van der Waals surface area contributed by atoms with Gasteiger partial charge in [-0.25, -0.2) is 9.78 Å². The summed E-state index contributed by atoms with van der Waals surface area (Å²) in [5.41, 5.74) is -0.410. The molecule has 1 unspecified atom stereocenters. The lowest BCUT2D eigenvalue weighted by Crippen LogP contribution is -2.57. The normalized spacial score (nSPS) is 14.9. The van der Waals surface area contributed by atoms with Gasteiger partial charge >= 0.3 is 12.2 Å². The van der Waals surface area contributed by atoms with Crippen LogP contribution in [0.2, 0.25) is 0 Å². The number of alkyl halides is 3. The third-order valence-corrected chi connectivity index (χ3v) is 5.86. The summed E-state index contributed by atoms with van der Waals surface area (Å²) in [6, 6.07) is 5.72. The highest BCUT2D eigenvalue weighted by molar-refractivity contribution is 5.95. The molecule has 12 heteroatoms. The first kappa shape index (κ1) is 26.9. The summed E-state index contributed by atoms with van der Waals surface area (Å²) >= 11 is 0. The first-order chi connectivity index (χ1) is 17.0. The van der Waals surface area contributed by atoms with Crippen LogP contribution in [0.15, 0.2) is 36.5 Å². The first-order valence-electron chi connectivity index (χ1n) is 11.4. The number of benzene rings is 1. The van der Waals surface area contributed by atoms with Crippen LogP contribution in [-0.2, 0) is 11.0 Å². The maximum atomic E-state index is 13.4. The van der Waals surface area contributed by atoms with E-state index in [0.717, 1.165) is 6.07 Å². The van der Waals surface area contributed by atoms with Gasteiger partial charge in [0.05, 0.1) is 25.5 Å². The smallest absolute Gasteiger partial charge is 0.419 e. The molecule has 2 N–H and O–H groups in total. The lowest BCUT2D eigenvalue weighted by atomic mass is 10.0. The van der Waals surface area contributed by atoms with Gasteiger partial charge in [-0.2, -0.15) is 13.2 Å². The van der Waals surface area contributed by atoms with Crippen molar-refractivity contribution in [2.75, 3.05) is 50.6 Å². The molecule has 1 aliphatic heterocycles. The van der Waals surface area contributed by atoms with Gasteiger partial charge in [0.2, 0.25) is 5.91 Å². The fourth-order valence-corrected chi connectivity index (χ4v) is 3.92. The maximum Gasteiger partial charge on any atom is 0.419 e. The third-order valence-electron chi connectivity index (χ3n) is 5.86. The van der Waals surface area contributed by atoms with Crippen molar-refractivity contribution >= 4 is 23.4 Å². The number of aromatic nitrogens is 1. The van der Waals surface area contributed by atoms with E-state index in [1.807, 2.05) is 0 Å². The molecule has 2 aromatic rings. The molecule has 1 aromatic carbocycles. The molecule has 1 aromatic heterocycles. The lowest BCUT2D eigenvalue weighted by Gasteiger charge is -2.38. The fourth-order valence-electron chi connectivity index (χ4n) is 3.92. The summed E-state index contributed by atoms with van der Waals surface area (Å²) in [6.45, 7) is 4.38. The number of piperazine rings is 1. The molecule has 196 valence electrons. The van der Waals surface area contributed by atoms with Crippen molar-refractivity contribution in [2.45, 2.75) is 26.1 Å². The van der Waals surface area contributed by atoms with Gasteiger partial charge in [0, 0.05) is 38.4 Å². The average molecular weight is 510 g/mol. The van der Waals surface area contributed by atoms with Crippen LogP contribution in [0.4, 0.5) is 29.5 Å². The molecule has 0 bridgehead atoms. The van der Waals surface area contributed by atoms with Crippen LogP contribution in [-0.4, -0.2) is 68.3 Å². The minimum absolute atomic E-state index is 0.150. The number of anilines is 2. The van der Waals surface area contributed by atoms with Crippen molar-refractivity contribution in [1.82, 2.24) is 15.2 Å². The molecule has 2 heterocycles. The average Bonchev–Trinajstić information content (AvgIpc) is 2.86. The first-order valence-corrected chi connectivity index (χ1v) is 11.4. The topological polar surface area (TPSA) is 96.0 Å². The lowest BCUT2D eigenvalue weighted by molar-refractivity contribution is -0.138. The molecule has 9 nitrogen and oxygen atoms in total. The predicted octanol–water partition coefficient (Wildman–Crippen LogP) is 3.61. The fraction of sp³-hybridized carbons (Fsp3) is 0.458. The molecule has 3 amide bonds. The molecule has 0 aliphatic carbocycles. The number of nitrogens with zero attached hydrogens (tertiary/aromatic N) is 3. The highest BCUT2D eigenvalue weighted by atomic mass is 19.4. The summed E-state index contributed by atoms with van der Waals surface area (Å²) in [6.07, 6.45) is -3.21. The minimum Gasteiger partial charge on any atom is -0.497 e. The van der Waals surface area contributed by atoms with Gasteiger partial charge < -0.3 is 29.9 Å². The second kappa shape index (κ2) is 11.4. The zero-order valence-electron chi connectivity index (χ0n) is 20.6. The van der Waals surface area contributed by atoms with Crippen LogP contribution >= 0.6 is 0 Å². The Morgan fingerprint density at radius 3 is 2.33 bits per heavy atom. The van der Waals surface area contributed by atoms with E-state index in [-0.39, 0.29) is 43.8 Å². The summed E-state index contributed by atoms with van der Waals surface area (Å²) in [5, 5.41) is 5.39. The van der Waals surface area contributed by atoms with Crippen LogP contribution in [0, 0.1) is 5.92 Å². The molecule has 1 fully saturated rings. The Morgan fingerprint density at radius 2 is 1.75 bits per heavy atom. The Bertz CT molecular complexity index is 1070. The number of pyridine rings is 1. The Morgan fingerprint density at radius 1 is 1.06 bits per heavy atom. The van der Waals surface area contributed by atoms with Gasteiger partial charge in [-0.1, -0.05) is 13.8 Å². The highest BCUT2D eigenvalue weighted by Crippen LogP contribution is 2.35. The number of hydrogen-bond donors (Lipinski definition) is 2. The monoisotopic (exact) mass is 509 g/mol. The van der Waals surface area contributed by atoms with E-state index < -0.39 is 23.8 Å². The quantitative estimate of drug-likeness (QED) is 0.592. The predicted molar refractivity (Wildman–Crippen MR) is 128 cm³/mol. The van der Waals surface area contributed by atoms with Gasteiger partial charge in [0.1, 0.15) is 23.4 Å². The molecule has 36 heavy (non-hydrogen) atoms. The number of urea groups is 1. The molecule has 1 aliphatic rings. The Labute approximate surface area is 207 Å². The van der Waals surface area contributed by atoms with Crippen LogP contribution in [0.25, 0.3) is 0 Å². The van der Waals surface area contributed by atoms with Crippen molar-refractivity contribution in [3.8, 4) is 11.5 Å². The molecular weight excluding hydrogens is 479 g/mol. The van der Waals surface area contributed by atoms with E-state index >= 15 is 0 Å². The number of rotatable bonds is 7.